The highest BCUT2D eigenvalue weighted by Gasteiger charge is 2.59. The van der Waals surface area contributed by atoms with Crippen molar-refractivity contribution in [3.8, 4) is 0 Å². The molecule has 2 aromatic carbocycles. The largest absolute Gasteiger partial charge is 0.368 e. The van der Waals surface area contributed by atoms with Gasteiger partial charge in [0.05, 0.1) is 6.42 Å². The zero-order valence-corrected chi connectivity index (χ0v) is 19.0. The lowest BCUT2D eigenvalue weighted by atomic mass is 9.90. The molecular weight excluding hydrogens is 443 g/mol. The van der Waals surface area contributed by atoms with Crippen LogP contribution >= 0.6 is 0 Å². The highest BCUT2D eigenvalue weighted by atomic mass is 19.2. The predicted octanol–water partition coefficient (Wildman–Crippen LogP) is 3.62. The van der Waals surface area contributed by atoms with Crippen LogP contribution in [0.4, 0.5) is 18.9 Å². The molecule has 34 heavy (non-hydrogen) atoms. The Morgan fingerprint density at radius 1 is 0.824 bits per heavy atom. The third kappa shape index (κ3) is 4.26. The van der Waals surface area contributed by atoms with E-state index in [0.717, 1.165) is 31.6 Å². The molecule has 1 aliphatic carbocycles. The minimum Gasteiger partial charge on any atom is -0.368 e. The number of hydrogen-bond donors (Lipinski definition) is 0. The van der Waals surface area contributed by atoms with E-state index >= 15 is 0 Å². The van der Waals surface area contributed by atoms with Gasteiger partial charge in [-0.1, -0.05) is 18.2 Å². The molecule has 5 nitrogen and oxygen atoms in total. The van der Waals surface area contributed by atoms with Crippen LogP contribution in [0.3, 0.4) is 0 Å². The van der Waals surface area contributed by atoms with Crippen molar-refractivity contribution < 1.29 is 22.8 Å². The zero-order chi connectivity index (χ0) is 23.9. The van der Waals surface area contributed by atoms with E-state index in [9.17, 15) is 22.8 Å². The number of halogens is 3. The van der Waals surface area contributed by atoms with Crippen molar-refractivity contribution in [2.75, 3.05) is 44.2 Å². The smallest absolute Gasteiger partial charge is 0.227 e. The number of hydrogen-bond acceptors (Lipinski definition) is 3. The molecule has 3 fully saturated rings. The summed E-state index contributed by atoms with van der Waals surface area (Å²) < 4.78 is 41.3. The molecule has 2 saturated heterocycles. The molecule has 0 radical (unpaired) electrons. The predicted molar refractivity (Wildman–Crippen MR) is 122 cm³/mol. The van der Waals surface area contributed by atoms with Crippen molar-refractivity contribution in [2.24, 2.45) is 11.3 Å². The van der Waals surface area contributed by atoms with Crippen LogP contribution in [-0.2, 0) is 16.0 Å². The molecule has 2 heterocycles. The first kappa shape index (κ1) is 22.7. The summed E-state index contributed by atoms with van der Waals surface area (Å²) in [5.74, 6) is -3.60. The quantitative estimate of drug-likeness (QED) is 0.640. The van der Waals surface area contributed by atoms with E-state index < -0.39 is 35.3 Å². The molecule has 1 spiro atoms. The average Bonchev–Trinajstić information content (AvgIpc) is 3.57. The summed E-state index contributed by atoms with van der Waals surface area (Å²) in [6.07, 6.45) is 1.73. The number of carbonyl (C=O) groups is 2. The van der Waals surface area contributed by atoms with Gasteiger partial charge >= 0.3 is 0 Å². The molecule has 0 bridgehead atoms. The molecule has 0 aromatic heterocycles. The Labute approximate surface area is 197 Å². The van der Waals surface area contributed by atoms with Crippen molar-refractivity contribution >= 4 is 17.5 Å². The normalized spacial score (nSPS) is 21.6. The van der Waals surface area contributed by atoms with Crippen LogP contribution < -0.4 is 4.90 Å². The lowest BCUT2D eigenvalue weighted by molar-refractivity contribution is -0.134. The van der Waals surface area contributed by atoms with Gasteiger partial charge in [-0.25, -0.2) is 13.2 Å². The third-order valence-corrected chi connectivity index (χ3v) is 7.78. The molecule has 3 aliphatic rings. The van der Waals surface area contributed by atoms with E-state index in [1.807, 2.05) is 23.1 Å². The SMILES string of the molecule is O=C(Cc1c(F)ccc(F)c1F)N1CCC2(CC1)C[C@H]2C(=O)N1CCN(c2ccccc2)CC1. The zero-order valence-electron chi connectivity index (χ0n) is 19.0. The van der Waals surface area contributed by atoms with Gasteiger partial charge < -0.3 is 14.7 Å². The maximum atomic E-state index is 13.9. The average molecular weight is 472 g/mol. The molecule has 5 rings (SSSR count). The van der Waals surface area contributed by atoms with Gasteiger partial charge in [-0.2, -0.15) is 0 Å². The Kier molecular flexibility index (Phi) is 6.00. The second-order valence-corrected chi connectivity index (χ2v) is 9.65. The van der Waals surface area contributed by atoms with E-state index in [0.29, 0.717) is 39.0 Å². The van der Waals surface area contributed by atoms with Crippen LogP contribution in [0, 0.1) is 28.8 Å². The number of para-hydroxylation sites is 1. The van der Waals surface area contributed by atoms with Crippen molar-refractivity contribution in [1.29, 1.82) is 0 Å². The van der Waals surface area contributed by atoms with Crippen molar-refractivity contribution in [3.63, 3.8) is 0 Å². The molecule has 0 unspecified atom stereocenters. The number of rotatable bonds is 4. The van der Waals surface area contributed by atoms with Crippen LogP contribution in [0.15, 0.2) is 42.5 Å². The van der Waals surface area contributed by atoms with E-state index in [1.165, 1.54) is 5.69 Å². The summed E-state index contributed by atoms with van der Waals surface area (Å²) in [4.78, 5) is 31.6. The van der Waals surface area contributed by atoms with Gasteiger partial charge in [-0.05, 0) is 48.9 Å². The van der Waals surface area contributed by atoms with E-state index in [1.54, 1.807) is 4.90 Å². The van der Waals surface area contributed by atoms with Crippen molar-refractivity contribution in [3.05, 3.63) is 65.5 Å². The first-order valence-corrected chi connectivity index (χ1v) is 11.9. The third-order valence-electron chi connectivity index (χ3n) is 7.78. The second-order valence-electron chi connectivity index (χ2n) is 9.65. The number of nitrogens with zero attached hydrogens (tertiary/aromatic N) is 3. The fraction of sp³-hybridized carbons (Fsp3) is 0.462. The highest BCUT2D eigenvalue weighted by Crippen LogP contribution is 2.60. The Balaban J connectivity index is 1.12. The molecule has 0 N–H and O–H groups in total. The standard InChI is InChI=1S/C26H28F3N3O2/c27-21-6-7-22(28)24(29)19(21)16-23(33)31-10-8-26(9-11-31)17-20(26)25(34)32-14-12-30(13-15-32)18-4-2-1-3-5-18/h1-7,20H,8-17H2/t20-/m0/s1. The topological polar surface area (TPSA) is 43.9 Å². The number of piperazine rings is 1. The van der Waals surface area contributed by atoms with E-state index in [4.69, 9.17) is 0 Å². The Morgan fingerprint density at radius 2 is 1.47 bits per heavy atom. The van der Waals surface area contributed by atoms with Gasteiger partial charge in [0.15, 0.2) is 11.6 Å². The van der Waals surface area contributed by atoms with Gasteiger partial charge in [0.2, 0.25) is 11.8 Å². The summed E-state index contributed by atoms with van der Waals surface area (Å²) in [6.45, 7) is 3.92. The maximum Gasteiger partial charge on any atom is 0.227 e. The van der Waals surface area contributed by atoms with E-state index in [-0.39, 0.29) is 17.2 Å². The summed E-state index contributed by atoms with van der Waals surface area (Å²) in [6, 6.07) is 11.7. The molecule has 2 aromatic rings. The lowest BCUT2D eigenvalue weighted by Gasteiger charge is -2.37. The highest BCUT2D eigenvalue weighted by molar-refractivity contribution is 5.83. The molecule has 8 heteroatoms. The molecule has 180 valence electrons. The number of likely N-dealkylation sites (tertiary alicyclic amines) is 1. The molecule has 2 amide bonds. The first-order chi connectivity index (χ1) is 16.4. The number of anilines is 1. The van der Waals surface area contributed by atoms with Gasteiger partial charge in [-0.15, -0.1) is 0 Å². The van der Waals surface area contributed by atoms with Crippen LogP contribution in [0.25, 0.3) is 0 Å². The summed E-state index contributed by atoms with van der Waals surface area (Å²) in [7, 11) is 0. The van der Waals surface area contributed by atoms with Gasteiger partial charge in [0, 0.05) is 56.4 Å². The molecule has 1 saturated carbocycles. The number of piperidine rings is 1. The summed E-state index contributed by atoms with van der Waals surface area (Å²) in [5.41, 5.74) is 0.576. The summed E-state index contributed by atoms with van der Waals surface area (Å²) in [5, 5.41) is 0. The van der Waals surface area contributed by atoms with Crippen LogP contribution in [0.5, 0.6) is 0 Å². The second kappa shape index (κ2) is 8.96. The summed E-state index contributed by atoms with van der Waals surface area (Å²) >= 11 is 0. The molecule has 1 atom stereocenters. The first-order valence-electron chi connectivity index (χ1n) is 11.9. The van der Waals surface area contributed by atoms with Gasteiger partial charge in [0.25, 0.3) is 0 Å². The fourth-order valence-electron chi connectivity index (χ4n) is 5.49. The van der Waals surface area contributed by atoms with Gasteiger partial charge in [0.1, 0.15) is 5.82 Å². The molecule has 2 aliphatic heterocycles. The maximum absolute atomic E-state index is 13.9. The van der Waals surface area contributed by atoms with Crippen LogP contribution in [0.1, 0.15) is 24.8 Å². The van der Waals surface area contributed by atoms with Crippen LogP contribution in [-0.4, -0.2) is 60.9 Å². The minimum absolute atomic E-state index is 0.00821. The van der Waals surface area contributed by atoms with Gasteiger partial charge in [-0.3, -0.25) is 9.59 Å². The molecular formula is C26H28F3N3O2. The monoisotopic (exact) mass is 471 g/mol. The Bertz CT molecular complexity index is 1080. The number of amides is 2. The minimum atomic E-state index is -1.30. The Hall–Kier alpha value is -3.03. The number of carbonyl (C=O) groups excluding carboxylic acids is 2. The van der Waals surface area contributed by atoms with Crippen molar-refractivity contribution in [2.45, 2.75) is 25.7 Å². The van der Waals surface area contributed by atoms with E-state index in [2.05, 4.69) is 17.0 Å². The Morgan fingerprint density at radius 3 is 2.15 bits per heavy atom. The number of benzene rings is 2. The fourth-order valence-corrected chi connectivity index (χ4v) is 5.49. The van der Waals surface area contributed by atoms with Crippen LogP contribution in [0.2, 0.25) is 0 Å². The lowest BCUT2D eigenvalue weighted by Crippen LogP contribution is -2.50. The van der Waals surface area contributed by atoms with Crippen molar-refractivity contribution in [1.82, 2.24) is 9.80 Å².